The second kappa shape index (κ2) is 4.82. The van der Waals surface area contributed by atoms with E-state index in [2.05, 4.69) is 0 Å². The maximum absolute atomic E-state index is 13.0. The molecule has 2 saturated carbocycles. The van der Waals surface area contributed by atoms with Crippen LogP contribution in [0.5, 0.6) is 0 Å². The first-order chi connectivity index (χ1) is 9.92. The summed E-state index contributed by atoms with van der Waals surface area (Å²) in [5.74, 6) is -1.62. The molecule has 3 aliphatic rings. The van der Waals surface area contributed by atoms with Crippen LogP contribution in [0.15, 0.2) is 0 Å². The summed E-state index contributed by atoms with van der Waals surface area (Å²) in [7, 11) is 0. The Labute approximate surface area is 124 Å². The molecule has 1 unspecified atom stereocenters. The number of carboxylic acids is 1. The van der Waals surface area contributed by atoms with Crippen LogP contribution in [0.4, 0.5) is 0 Å². The fourth-order valence-electron chi connectivity index (χ4n) is 4.16. The van der Waals surface area contributed by atoms with Crippen molar-refractivity contribution in [2.24, 2.45) is 11.3 Å². The van der Waals surface area contributed by atoms with Gasteiger partial charge < -0.3 is 5.11 Å². The summed E-state index contributed by atoms with van der Waals surface area (Å²) in [6.45, 7) is 1.55. The summed E-state index contributed by atoms with van der Waals surface area (Å²) >= 11 is 0. The zero-order chi connectivity index (χ0) is 15.3. The Morgan fingerprint density at radius 1 is 1.19 bits per heavy atom. The van der Waals surface area contributed by atoms with Gasteiger partial charge in [0.15, 0.2) is 0 Å². The fraction of sp³-hybridized carbons (Fsp3) is 0.812. The van der Waals surface area contributed by atoms with Crippen molar-refractivity contribution in [1.82, 2.24) is 4.90 Å². The molecule has 5 heteroatoms. The van der Waals surface area contributed by atoms with Gasteiger partial charge in [-0.15, -0.1) is 0 Å². The van der Waals surface area contributed by atoms with Gasteiger partial charge >= 0.3 is 5.97 Å². The number of imide groups is 1. The molecule has 3 rings (SSSR count). The number of amides is 2. The van der Waals surface area contributed by atoms with Gasteiger partial charge in [0.1, 0.15) is 5.54 Å². The first-order valence-corrected chi connectivity index (χ1v) is 8.03. The summed E-state index contributed by atoms with van der Waals surface area (Å²) in [4.78, 5) is 38.4. The first-order valence-electron chi connectivity index (χ1n) is 8.03. The highest BCUT2D eigenvalue weighted by Crippen LogP contribution is 2.51. The lowest BCUT2D eigenvalue weighted by Gasteiger charge is -2.35. The van der Waals surface area contributed by atoms with Crippen molar-refractivity contribution in [3.05, 3.63) is 0 Å². The first kappa shape index (κ1) is 14.5. The number of aliphatic carboxylic acids is 1. The van der Waals surface area contributed by atoms with Gasteiger partial charge in [-0.05, 0) is 38.5 Å². The Hall–Kier alpha value is -1.39. The molecule has 1 spiro atoms. The van der Waals surface area contributed by atoms with Crippen LogP contribution in [0.25, 0.3) is 0 Å². The molecular formula is C16H23NO4. The van der Waals surface area contributed by atoms with Crippen molar-refractivity contribution in [3.63, 3.8) is 0 Å². The van der Waals surface area contributed by atoms with Gasteiger partial charge in [0.05, 0.1) is 5.41 Å². The lowest BCUT2D eigenvalue weighted by molar-refractivity contribution is -0.165. The zero-order valence-electron chi connectivity index (χ0n) is 12.6. The van der Waals surface area contributed by atoms with E-state index >= 15 is 0 Å². The Morgan fingerprint density at radius 3 is 2.24 bits per heavy atom. The smallest absolute Gasteiger partial charge is 0.330 e. The maximum Gasteiger partial charge on any atom is 0.330 e. The minimum absolute atomic E-state index is 0.0798. The van der Waals surface area contributed by atoms with Crippen molar-refractivity contribution < 1.29 is 19.5 Å². The number of likely N-dealkylation sites (tertiary alicyclic amines) is 1. The molecule has 116 valence electrons. The van der Waals surface area contributed by atoms with Gasteiger partial charge in [-0.25, -0.2) is 4.79 Å². The second-order valence-corrected chi connectivity index (χ2v) is 7.13. The molecular weight excluding hydrogens is 270 g/mol. The molecule has 0 aromatic rings. The maximum atomic E-state index is 13.0. The molecule has 1 saturated heterocycles. The largest absolute Gasteiger partial charge is 0.479 e. The molecule has 5 nitrogen and oxygen atoms in total. The van der Waals surface area contributed by atoms with E-state index in [9.17, 15) is 19.5 Å². The molecule has 1 N–H and O–H groups in total. The number of nitrogens with zero attached hydrogens (tertiary/aromatic N) is 1. The molecule has 0 radical (unpaired) electrons. The van der Waals surface area contributed by atoms with E-state index in [0.717, 1.165) is 56.3 Å². The van der Waals surface area contributed by atoms with Crippen molar-refractivity contribution in [1.29, 1.82) is 0 Å². The molecule has 2 aliphatic carbocycles. The van der Waals surface area contributed by atoms with Crippen LogP contribution in [-0.2, 0) is 14.4 Å². The SMILES string of the molecule is CC(C(=O)O)(C1CC1)N1C(=O)CC2(CCCCCC2)C1=O. The summed E-state index contributed by atoms with van der Waals surface area (Å²) < 4.78 is 0. The Bertz CT molecular complexity index is 489. The standard InChI is InChI=1S/C16H23NO4/c1-15(14(20)21,11-6-7-11)17-12(18)10-16(13(17)19)8-4-2-3-5-9-16/h11H,2-10H2,1H3,(H,20,21). The van der Waals surface area contributed by atoms with Crippen LogP contribution in [-0.4, -0.2) is 33.3 Å². The Balaban J connectivity index is 1.94. The van der Waals surface area contributed by atoms with Gasteiger partial charge in [0, 0.05) is 6.42 Å². The van der Waals surface area contributed by atoms with Crippen molar-refractivity contribution in [3.8, 4) is 0 Å². The van der Waals surface area contributed by atoms with E-state index in [1.54, 1.807) is 6.92 Å². The number of carbonyl (C=O) groups is 3. The van der Waals surface area contributed by atoms with Crippen molar-refractivity contribution >= 4 is 17.8 Å². The van der Waals surface area contributed by atoms with Crippen LogP contribution in [0.3, 0.4) is 0 Å². The summed E-state index contributed by atoms with van der Waals surface area (Å²) in [6.07, 6.45) is 7.36. The number of hydrogen-bond donors (Lipinski definition) is 1. The second-order valence-electron chi connectivity index (χ2n) is 7.13. The Morgan fingerprint density at radius 2 is 1.76 bits per heavy atom. The number of carboxylic acid groups (broad SMARTS) is 1. The molecule has 1 atom stereocenters. The summed E-state index contributed by atoms with van der Waals surface area (Å²) in [5.41, 5.74) is -1.96. The van der Waals surface area contributed by atoms with Crippen molar-refractivity contribution in [2.75, 3.05) is 0 Å². The van der Waals surface area contributed by atoms with Gasteiger partial charge in [0.25, 0.3) is 0 Å². The van der Waals surface area contributed by atoms with Crippen LogP contribution >= 0.6 is 0 Å². The highest BCUT2D eigenvalue weighted by molar-refractivity contribution is 6.09. The van der Waals surface area contributed by atoms with E-state index in [1.165, 1.54) is 0 Å². The average Bonchev–Trinajstić information content (AvgIpc) is 3.23. The lowest BCUT2D eigenvalue weighted by atomic mass is 9.78. The average molecular weight is 293 g/mol. The van der Waals surface area contributed by atoms with Crippen LogP contribution in [0, 0.1) is 11.3 Å². The highest BCUT2D eigenvalue weighted by Gasteiger charge is 2.62. The number of rotatable bonds is 3. The number of hydrogen-bond acceptors (Lipinski definition) is 3. The van der Waals surface area contributed by atoms with E-state index in [4.69, 9.17) is 0 Å². The molecule has 0 aromatic carbocycles. The Kier molecular flexibility index (Phi) is 3.34. The predicted molar refractivity (Wildman–Crippen MR) is 75.4 cm³/mol. The third-order valence-corrected chi connectivity index (χ3v) is 5.73. The van der Waals surface area contributed by atoms with Crippen LogP contribution in [0.1, 0.15) is 64.7 Å². The van der Waals surface area contributed by atoms with Gasteiger partial charge in [-0.1, -0.05) is 25.7 Å². The van der Waals surface area contributed by atoms with E-state index in [1.807, 2.05) is 0 Å². The molecule has 21 heavy (non-hydrogen) atoms. The highest BCUT2D eigenvalue weighted by atomic mass is 16.4. The van der Waals surface area contributed by atoms with E-state index in [0.29, 0.717) is 0 Å². The third kappa shape index (κ3) is 2.09. The van der Waals surface area contributed by atoms with Gasteiger partial charge in [-0.3, -0.25) is 14.5 Å². The molecule has 0 aromatic heterocycles. The molecule has 1 heterocycles. The minimum Gasteiger partial charge on any atom is -0.479 e. The topological polar surface area (TPSA) is 74.7 Å². The van der Waals surface area contributed by atoms with Crippen LogP contribution in [0.2, 0.25) is 0 Å². The molecule has 1 aliphatic heterocycles. The summed E-state index contributed by atoms with van der Waals surface area (Å²) in [5, 5.41) is 9.64. The van der Waals surface area contributed by atoms with Gasteiger partial charge in [0.2, 0.25) is 11.8 Å². The number of carbonyl (C=O) groups excluding carboxylic acids is 2. The molecule has 0 bridgehead atoms. The third-order valence-electron chi connectivity index (χ3n) is 5.73. The normalized spacial score (nSPS) is 28.5. The molecule has 3 fully saturated rings. The van der Waals surface area contributed by atoms with Gasteiger partial charge in [-0.2, -0.15) is 0 Å². The zero-order valence-corrected chi connectivity index (χ0v) is 12.6. The quantitative estimate of drug-likeness (QED) is 0.810. The lowest BCUT2D eigenvalue weighted by Crippen LogP contribution is -2.57. The fourth-order valence-corrected chi connectivity index (χ4v) is 4.16. The van der Waals surface area contributed by atoms with Crippen molar-refractivity contribution in [2.45, 2.75) is 70.3 Å². The molecule has 2 amide bonds. The summed E-state index contributed by atoms with van der Waals surface area (Å²) in [6, 6.07) is 0. The predicted octanol–water partition coefficient (Wildman–Crippen LogP) is 2.34. The monoisotopic (exact) mass is 293 g/mol. The minimum atomic E-state index is -1.34. The van der Waals surface area contributed by atoms with Crippen LogP contribution < -0.4 is 0 Å². The van der Waals surface area contributed by atoms with E-state index < -0.39 is 16.9 Å². The van der Waals surface area contributed by atoms with E-state index in [-0.39, 0.29) is 24.2 Å².